The summed E-state index contributed by atoms with van der Waals surface area (Å²) in [6, 6.07) is 1.26. The minimum absolute atomic E-state index is 0.0869. The van der Waals surface area contributed by atoms with Crippen LogP contribution < -0.4 is 5.56 Å². The highest BCUT2D eigenvalue weighted by Gasteiger charge is 2.00. The van der Waals surface area contributed by atoms with Crippen LogP contribution in [0.1, 0.15) is 0 Å². The summed E-state index contributed by atoms with van der Waals surface area (Å²) in [4.78, 5) is 26.9. The van der Waals surface area contributed by atoms with Gasteiger partial charge in [-0.3, -0.25) is 9.59 Å². The van der Waals surface area contributed by atoms with Crippen molar-refractivity contribution < 1.29 is 9.90 Å². The van der Waals surface area contributed by atoms with Crippen LogP contribution in [-0.2, 0) is 4.79 Å². The van der Waals surface area contributed by atoms with Crippen LogP contribution in [0.3, 0.4) is 0 Å². The van der Waals surface area contributed by atoms with Gasteiger partial charge in [0.2, 0.25) is 0 Å². The summed E-state index contributed by atoms with van der Waals surface area (Å²) >= 11 is 1.01. The summed E-state index contributed by atoms with van der Waals surface area (Å²) in [5.74, 6) is -1.02. The molecule has 2 N–H and O–H groups in total. The van der Waals surface area contributed by atoms with Gasteiger partial charge >= 0.3 is 5.97 Å². The maximum absolute atomic E-state index is 10.7. The Balaban J connectivity index is 2.64. The first-order chi connectivity index (χ1) is 5.68. The minimum Gasteiger partial charge on any atom is -0.481 e. The summed E-state index contributed by atoms with van der Waals surface area (Å²) in [6.45, 7) is 0. The number of aliphatic carboxylic acids is 1. The van der Waals surface area contributed by atoms with Gasteiger partial charge in [-0.25, -0.2) is 4.98 Å². The van der Waals surface area contributed by atoms with Gasteiger partial charge in [-0.1, -0.05) is 11.8 Å². The normalized spacial score (nSPS) is 9.67. The first-order valence-electron chi connectivity index (χ1n) is 3.08. The lowest BCUT2D eigenvalue weighted by molar-refractivity contribution is -0.133. The van der Waals surface area contributed by atoms with Crippen LogP contribution in [0.5, 0.6) is 0 Å². The van der Waals surface area contributed by atoms with E-state index < -0.39 is 5.97 Å². The quantitative estimate of drug-likeness (QED) is 0.510. The van der Waals surface area contributed by atoms with E-state index in [4.69, 9.17) is 5.11 Å². The molecule has 0 amide bonds. The number of carbonyl (C=O) groups is 1. The highest BCUT2D eigenvalue weighted by Crippen LogP contribution is 2.10. The van der Waals surface area contributed by atoms with Gasteiger partial charge < -0.3 is 10.1 Å². The monoisotopic (exact) mass is 186 g/mol. The number of aromatic nitrogens is 2. The molecule has 1 aromatic rings. The Bertz CT molecular complexity index is 336. The topological polar surface area (TPSA) is 83.0 Å². The van der Waals surface area contributed by atoms with Crippen LogP contribution in [0, 0.1) is 0 Å². The number of H-pyrrole nitrogens is 1. The molecule has 12 heavy (non-hydrogen) atoms. The SMILES string of the molecule is O=C(O)CSc1cc(=O)[nH]cn1. The van der Waals surface area contributed by atoms with Crippen molar-refractivity contribution in [3.63, 3.8) is 0 Å². The van der Waals surface area contributed by atoms with E-state index in [2.05, 4.69) is 9.97 Å². The third-order valence-corrected chi connectivity index (χ3v) is 1.91. The average Bonchev–Trinajstić information content (AvgIpc) is 2.01. The molecule has 1 rings (SSSR count). The molecule has 1 heterocycles. The van der Waals surface area contributed by atoms with Crippen LogP contribution in [0.4, 0.5) is 0 Å². The first-order valence-corrected chi connectivity index (χ1v) is 4.06. The van der Waals surface area contributed by atoms with E-state index in [1.54, 1.807) is 0 Å². The Kier molecular flexibility index (Phi) is 2.87. The second-order valence-electron chi connectivity index (χ2n) is 1.93. The van der Waals surface area contributed by atoms with Gasteiger partial charge in [-0.05, 0) is 0 Å². The molecule has 6 heteroatoms. The molecule has 64 valence electrons. The second-order valence-corrected chi connectivity index (χ2v) is 2.93. The van der Waals surface area contributed by atoms with E-state index in [1.165, 1.54) is 12.4 Å². The highest BCUT2D eigenvalue weighted by atomic mass is 32.2. The lowest BCUT2D eigenvalue weighted by atomic mass is 10.7. The van der Waals surface area contributed by atoms with Crippen LogP contribution in [0.15, 0.2) is 22.2 Å². The highest BCUT2D eigenvalue weighted by molar-refractivity contribution is 7.99. The van der Waals surface area contributed by atoms with E-state index >= 15 is 0 Å². The lowest BCUT2D eigenvalue weighted by Crippen LogP contribution is -2.05. The lowest BCUT2D eigenvalue weighted by Gasteiger charge is -1.93. The van der Waals surface area contributed by atoms with E-state index in [-0.39, 0.29) is 11.3 Å². The number of nitrogens with one attached hydrogen (secondary N) is 1. The summed E-state index contributed by atoms with van der Waals surface area (Å²) in [5, 5.41) is 8.73. The van der Waals surface area contributed by atoms with Crippen LogP contribution in [0.2, 0.25) is 0 Å². The van der Waals surface area contributed by atoms with Gasteiger partial charge in [0, 0.05) is 6.07 Å². The fourth-order valence-electron chi connectivity index (χ4n) is 0.565. The molecular formula is C6H6N2O3S. The van der Waals surface area contributed by atoms with Crippen LogP contribution >= 0.6 is 11.8 Å². The predicted octanol–water partition coefficient (Wildman–Crippen LogP) is -0.0534. The summed E-state index contributed by atoms with van der Waals surface area (Å²) in [7, 11) is 0. The molecule has 1 aromatic heterocycles. The Hall–Kier alpha value is -1.30. The molecule has 0 aliphatic carbocycles. The molecule has 0 bridgehead atoms. The smallest absolute Gasteiger partial charge is 0.313 e. The molecule has 0 saturated heterocycles. The standard InChI is InChI=1S/C6H6N2O3S/c9-4-1-5(8-3-7-4)12-2-6(10)11/h1,3H,2H2,(H,10,11)(H,7,8,9). The Morgan fingerprint density at radius 2 is 2.50 bits per heavy atom. The van der Waals surface area contributed by atoms with E-state index in [1.807, 2.05) is 0 Å². The number of carboxylic acids is 1. The van der Waals surface area contributed by atoms with Gasteiger partial charge in [0.25, 0.3) is 5.56 Å². The van der Waals surface area contributed by atoms with Gasteiger partial charge in [-0.2, -0.15) is 0 Å². The molecule has 0 aliphatic rings. The molecule has 0 saturated carbocycles. The number of rotatable bonds is 3. The second kappa shape index (κ2) is 3.91. The van der Waals surface area contributed by atoms with Crippen molar-refractivity contribution in [1.29, 1.82) is 0 Å². The maximum Gasteiger partial charge on any atom is 0.313 e. The molecule has 5 nitrogen and oxygen atoms in total. The molecule has 0 atom stereocenters. The fourth-order valence-corrected chi connectivity index (χ4v) is 1.15. The summed E-state index contributed by atoms with van der Waals surface area (Å²) in [5.41, 5.74) is -0.280. The molecule has 0 fully saturated rings. The number of carboxylic acid groups (broad SMARTS) is 1. The molecule has 0 spiro atoms. The average molecular weight is 186 g/mol. The first kappa shape index (κ1) is 8.79. The van der Waals surface area contributed by atoms with E-state index in [9.17, 15) is 9.59 Å². The molecule has 0 aliphatic heterocycles. The van der Waals surface area contributed by atoms with Crippen molar-refractivity contribution >= 4 is 17.7 Å². The van der Waals surface area contributed by atoms with E-state index in [0.717, 1.165) is 11.8 Å². The number of aromatic amines is 1. The van der Waals surface area contributed by atoms with Gasteiger partial charge in [0.1, 0.15) is 5.03 Å². The largest absolute Gasteiger partial charge is 0.481 e. The zero-order valence-electron chi connectivity index (χ0n) is 5.98. The number of hydrogen-bond acceptors (Lipinski definition) is 4. The number of hydrogen-bond donors (Lipinski definition) is 2. The zero-order valence-corrected chi connectivity index (χ0v) is 6.80. The van der Waals surface area contributed by atoms with Crippen molar-refractivity contribution in [3.8, 4) is 0 Å². The van der Waals surface area contributed by atoms with Crippen LogP contribution in [-0.4, -0.2) is 26.8 Å². The zero-order chi connectivity index (χ0) is 8.97. The minimum atomic E-state index is -0.929. The van der Waals surface area contributed by atoms with Crippen molar-refractivity contribution in [1.82, 2.24) is 9.97 Å². The Morgan fingerprint density at radius 1 is 1.75 bits per heavy atom. The van der Waals surface area contributed by atoms with Gasteiger partial charge in [0.15, 0.2) is 0 Å². The van der Waals surface area contributed by atoms with Crippen molar-refractivity contribution in [3.05, 3.63) is 22.7 Å². The summed E-state index contributed by atoms with van der Waals surface area (Å²) < 4.78 is 0. The third kappa shape index (κ3) is 2.75. The maximum atomic E-state index is 10.7. The Labute approximate surface area is 71.8 Å². The van der Waals surface area contributed by atoms with Crippen molar-refractivity contribution in [2.24, 2.45) is 0 Å². The number of thioether (sulfide) groups is 1. The molecule has 0 unspecified atom stereocenters. The fraction of sp³-hybridized carbons (Fsp3) is 0.167. The molecular weight excluding hydrogens is 180 g/mol. The van der Waals surface area contributed by atoms with Gasteiger partial charge in [-0.15, -0.1) is 0 Å². The number of nitrogens with zero attached hydrogens (tertiary/aromatic N) is 1. The molecule has 0 aromatic carbocycles. The van der Waals surface area contributed by atoms with Gasteiger partial charge in [0.05, 0.1) is 12.1 Å². The van der Waals surface area contributed by atoms with Crippen LogP contribution in [0.25, 0.3) is 0 Å². The molecule has 0 radical (unpaired) electrons. The summed E-state index contributed by atoms with van der Waals surface area (Å²) in [6.07, 6.45) is 1.24. The third-order valence-electron chi connectivity index (χ3n) is 0.997. The van der Waals surface area contributed by atoms with E-state index in [0.29, 0.717) is 5.03 Å². The predicted molar refractivity (Wildman–Crippen MR) is 43.2 cm³/mol. The van der Waals surface area contributed by atoms with Crippen molar-refractivity contribution in [2.75, 3.05) is 5.75 Å². The Morgan fingerprint density at radius 3 is 3.08 bits per heavy atom. The van der Waals surface area contributed by atoms with Crippen molar-refractivity contribution in [2.45, 2.75) is 5.03 Å².